The van der Waals surface area contributed by atoms with Gasteiger partial charge in [-0.3, -0.25) is 0 Å². The normalized spacial score (nSPS) is 28.8. The van der Waals surface area contributed by atoms with Gasteiger partial charge < -0.3 is 10.2 Å². The van der Waals surface area contributed by atoms with Crippen molar-refractivity contribution in [2.45, 2.75) is 103 Å². The predicted molar refractivity (Wildman–Crippen MR) is 117 cm³/mol. The van der Waals surface area contributed by atoms with E-state index in [2.05, 4.69) is 31.2 Å². The number of hydrogen-bond acceptors (Lipinski definition) is 2. The second-order valence-corrected chi connectivity index (χ2v) is 9.65. The molecular formula is C26H42O2. The minimum Gasteiger partial charge on any atom is -0.393 e. The zero-order valence-corrected chi connectivity index (χ0v) is 17.9. The zero-order valence-electron chi connectivity index (χ0n) is 17.9. The Balaban J connectivity index is 1.41. The van der Waals surface area contributed by atoms with Crippen molar-refractivity contribution in [3.05, 3.63) is 35.9 Å². The minimum atomic E-state index is -0.255. The first kappa shape index (κ1) is 21.8. The van der Waals surface area contributed by atoms with Crippen LogP contribution in [0.4, 0.5) is 0 Å². The van der Waals surface area contributed by atoms with E-state index in [-0.39, 0.29) is 12.2 Å². The van der Waals surface area contributed by atoms with Gasteiger partial charge in [0.15, 0.2) is 0 Å². The quantitative estimate of drug-likeness (QED) is 0.535. The molecule has 2 aliphatic carbocycles. The smallest absolute Gasteiger partial charge is 0.0571 e. The van der Waals surface area contributed by atoms with E-state index in [0.29, 0.717) is 11.8 Å². The third kappa shape index (κ3) is 6.32. The van der Waals surface area contributed by atoms with Crippen LogP contribution in [-0.4, -0.2) is 22.4 Å². The summed E-state index contributed by atoms with van der Waals surface area (Å²) in [4.78, 5) is 0. The highest BCUT2D eigenvalue weighted by Gasteiger charge is 2.32. The van der Waals surface area contributed by atoms with Crippen LogP contribution in [0.1, 0.15) is 89.5 Å². The molecule has 0 saturated heterocycles. The third-order valence-corrected chi connectivity index (χ3v) is 7.78. The van der Waals surface area contributed by atoms with Crippen LogP contribution >= 0.6 is 0 Å². The van der Waals surface area contributed by atoms with Gasteiger partial charge in [0.25, 0.3) is 0 Å². The molecule has 6 unspecified atom stereocenters. The van der Waals surface area contributed by atoms with E-state index in [9.17, 15) is 10.2 Å². The Bertz CT molecular complexity index is 543. The minimum absolute atomic E-state index is 0.165. The molecule has 0 aromatic heterocycles. The average Bonchev–Trinajstić information content (AvgIpc) is 2.95. The number of rotatable bonds is 9. The second-order valence-electron chi connectivity index (χ2n) is 9.65. The van der Waals surface area contributed by atoms with Gasteiger partial charge in [0.05, 0.1) is 12.2 Å². The monoisotopic (exact) mass is 386 g/mol. The summed E-state index contributed by atoms with van der Waals surface area (Å²) >= 11 is 0. The maximum absolute atomic E-state index is 10.9. The van der Waals surface area contributed by atoms with Crippen molar-refractivity contribution in [2.24, 2.45) is 23.7 Å². The molecule has 0 aliphatic heterocycles. The van der Waals surface area contributed by atoms with Crippen molar-refractivity contribution in [2.75, 3.05) is 0 Å². The molecule has 158 valence electrons. The Morgan fingerprint density at radius 3 is 2.36 bits per heavy atom. The Kier molecular flexibility index (Phi) is 8.86. The van der Waals surface area contributed by atoms with Crippen molar-refractivity contribution in [3.8, 4) is 0 Å². The van der Waals surface area contributed by atoms with Crippen LogP contribution in [-0.2, 0) is 6.42 Å². The molecule has 0 bridgehead atoms. The van der Waals surface area contributed by atoms with Crippen molar-refractivity contribution in [3.63, 3.8) is 0 Å². The van der Waals surface area contributed by atoms with Gasteiger partial charge in [0.2, 0.25) is 0 Å². The van der Waals surface area contributed by atoms with Crippen molar-refractivity contribution >= 4 is 0 Å². The molecule has 0 spiro atoms. The molecule has 2 N–H and O–H groups in total. The Labute approximate surface area is 172 Å². The summed E-state index contributed by atoms with van der Waals surface area (Å²) in [5.41, 5.74) is 1.31. The van der Waals surface area contributed by atoms with E-state index in [1.54, 1.807) is 0 Å². The Hall–Kier alpha value is -0.860. The summed E-state index contributed by atoms with van der Waals surface area (Å²) < 4.78 is 0. The summed E-state index contributed by atoms with van der Waals surface area (Å²) in [7, 11) is 0. The lowest BCUT2D eigenvalue weighted by Crippen LogP contribution is -2.26. The van der Waals surface area contributed by atoms with Crippen molar-refractivity contribution in [1.82, 2.24) is 0 Å². The largest absolute Gasteiger partial charge is 0.393 e. The van der Waals surface area contributed by atoms with Crippen LogP contribution < -0.4 is 0 Å². The lowest BCUT2D eigenvalue weighted by atomic mass is 9.74. The lowest BCUT2D eigenvalue weighted by Gasteiger charge is -2.32. The van der Waals surface area contributed by atoms with Crippen LogP contribution in [0.2, 0.25) is 0 Å². The van der Waals surface area contributed by atoms with E-state index in [0.717, 1.165) is 43.9 Å². The highest BCUT2D eigenvalue weighted by molar-refractivity contribution is 5.15. The molecule has 2 fully saturated rings. The van der Waals surface area contributed by atoms with E-state index < -0.39 is 0 Å². The summed E-state index contributed by atoms with van der Waals surface area (Å²) in [5.74, 6) is 2.63. The molecule has 0 heterocycles. The fourth-order valence-corrected chi connectivity index (χ4v) is 5.95. The van der Waals surface area contributed by atoms with Crippen LogP contribution in [0.3, 0.4) is 0 Å². The van der Waals surface area contributed by atoms with Gasteiger partial charge in [0, 0.05) is 0 Å². The third-order valence-electron chi connectivity index (χ3n) is 7.78. The molecule has 1 aromatic rings. The fraction of sp³-hybridized carbons (Fsp3) is 0.769. The molecule has 2 heteroatoms. The van der Waals surface area contributed by atoms with Crippen LogP contribution in [0, 0.1) is 23.7 Å². The second kappa shape index (κ2) is 11.4. The Morgan fingerprint density at radius 1 is 0.893 bits per heavy atom. The molecule has 3 rings (SSSR count). The number of aliphatic hydroxyl groups is 2. The van der Waals surface area contributed by atoms with E-state index in [1.807, 2.05) is 6.07 Å². The van der Waals surface area contributed by atoms with Gasteiger partial charge >= 0.3 is 0 Å². The van der Waals surface area contributed by atoms with Gasteiger partial charge in [-0.2, -0.15) is 0 Å². The number of benzene rings is 1. The molecule has 6 atom stereocenters. The highest BCUT2D eigenvalue weighted by Crippen LogP contribution is 2.42. The molecule has 0 amide bonds. The number of hydrogen-bond donors (Lipinski definition) is 2. The standard InChI is InChI=1S/C26H42O2/c1-2-21(18-20-10-4-3-5-11-20)25(27)16-9-17-26(28)24-15-8-14-22-12-6-7-13-23(22)19-24/h3-5,10-11,21-28H,2,6-9,12-19H2,1H3. The van der Waals surface area contributed by atoms with E-state index >= 15 is 0 Å². The SMILES string of the molecule is CCC(Cc1ccccc1)C(O)CCCC(O)C1CCCC2CCCCC2C1. The van der Waals surface area contributed by atoms with Gasteiger partial charge in [-0.15, -0.1) is 0 Å². The first-order valence-electron chi connectivity index (χ1n) is 12.1. The first-order valence-corrected chi connectivity index (χ1v) is 12.1. The molecule has 28 heavy (non-hydrogen) atoms. The fourth-order valence-electron chi connectivity index (χ4n) is 5.95. The molecule has 2 aliphatic rings. The van der Waals surface area contributed by atoms with Crippen LogP contribution in [0.5, 0.6) is 0 Å². The number of fused-ring (bicyclic) bond motifs is 1. The van der Waals surface area contributed by atoms with Gasteiger partial charge in [-0.1, -0.05) is 82.2 Å². The van der Waals surface area contributed by atoms with Gasteiger partial charge in [-0.05, 0) is 67.8 Å². The van der Waals surface area contributed by atoms with Crippen molar-refractivity contribution < 1.29 is 10.2 Å². The van der Waals surface area contributed by atoms with Crippen LogP contribution in [0.25, 0.3) is 0 Å². The molecular weight excluding hydrogens is 344 g/mol. The van der Waals surface area contributed by atoms with E-state index in [1.165, 1.54) is 56.9 Å². The molecule has 2 saturated carbocycles. The highest BCUT2D eigenvalue weighted by atomic mass is 16.3. The van der Waals surface area contributed by atoms with Gasteiger partial charge in [0.1, 0.15) is 0 Å². The average molecular weight is 387 g/mol. The summed E-state index contributed by atoms with van der Waals surface area (Å²) in [6, 6.07) is 10.5. The first-order chi connectivity index (χ1) is 13.7. The van der Waals surface area contributed by atoms with E-state index in [4.69, 9.17) is 0 Å². The topological polar surface area (TPSA) is 40.5 Å². The molecule has 0 radical (unpaired) electrons. The summed E-state index contributed by atoms with van der Waals surface area (Å²) in [6.45, 7) is 2.18. The maximum Gasteiger partial charge on any atom is 0.0571 e. The van der Waals surface area contributed by atoms with Gasteiger partial charge in [-0.25, -0.2) is 0 Å². The lowest BCUT2D eigenvalue weighted by molar-refractivity contribution is 0.0587. The summed E-state index contributed by atoms with van der Waals surface area (Å²) in [6.07, 6.45) is 15.0. The molecule has 2 nitrogen and oxygen atoms in total. The predicted octanol–water partition coefficient (Wildman–Crippen LogP) is 6.14. The number of aliphatic hydroxyl groups excluding tert-OH is 2. The zero-order chi connectivity index (χ0) is 19.8. The maximum atomic E-state index is 10.9. The molecule has 1 aromatic carbocycles. The Morgan fingerprint density at radius 2 is 1.61 bits per heavy atom. The van der Waals surface area contributed by atoms with Crippen LogP contribution in [0.15, 0.2) is 30.3 Å². The van der Waals surface area contributed by atoms with Crippen molar-refractivity contribution in [1.29, 1.82) is 0 Å². The summed E-state index contributed by atoms with van der Waals surface area (Å²) in [5, 5.41) is 21.6.